The van der Waals surface area contributed by atoms with Crippen molar-refractivity contribution in [2.75, 3.05) is 13.2 Å². The van der Waals surface area contributed by atoms with Crippen LogP contribution in [0.1, 0.15) is 5.56 Å². The molecule has 0 saturated heterocycles. The van der Waals surface area contributed by atoms with Crippen LogP contribution in [0.2, 0.25) is 0 Å². The molecule has 0 aliphatic rings. The van der Waals surface area contributed by atoms with Crippen LogP contribution in [-0.4, -0.2) is 24.2 Å². The molecule has 3 N–H and O–H groups in total. The number of aliphatic carboxylic acids is 1. The first kappa shape index (κ1) is 13.7. The molecule has 0 radical (unpaired) electrons. The predicted octanol–water partition coefficient (Wildman–Crippen LogP) is 1.07. The summed E-state index contributed by atoms with van der Waals surface area (Å²) < 4.78 is 5.01. The molecule has 0 bridgehead atoms. The Morgan fingerprint density at radius 2 is 2.20 bits per heavy atom. The first-order chi connectivity index (χ1) is 6.72. The minimum atomic E-state index is -0.978. The standard InChI is InChI=1S/C10H13NO3.ClH/c11-5-4-8-2-1-3-9(6-8)14-7-10(12)13;/h1-3,6H,4-5,7,11H2,(H,12,13);1H. The molecule has 0 amide bonds. The van der Waals surface area contributed by atoms with Crippen molar-refractivity contribution in [2.45, 2.75) is 6.42 Å². The highest BCUT2D eigenvalue weighted by Gasteiger charge is 1.99. The van der Waals surface area contributed by atoms with E-state index in [2.05, 4.69) is 0 Å². The number of ether oxygens (including phenoxy) is 1. The van der Waals surface area contributed by atoms with Crippen molar-refractivity contribution >= 4 is 18.4 Å². The maximum absolute atomic E-state index is 10.2. The second kappa shape index (κ2) is 7.09. The first-order valence-electron chi connectivity index (χ1n) is 4.36. The number of nitrogens with two attached hydrogens (primary N) is 1. The third-order valence-electron chi connectivity index (χ3n) is 1.69. The highest BCUT2D eigenvalue weighted by Crippen LogP contribution is 2.13. The maximum atomic E-state index is 10.2. The molecule has 0 heterocycles. The molecule has 0 aliphatic heterocycles. The molecule has 15 heavy (non-hydrogen) atoms. The van der Waals surface area contributed by atoms with E-state index in [9.17, 15) is 4.79 Å². The fraction of sp³-hybridized carbons (Fsp3) is 0.300. The summed E-state index contributed by atoms with van der Waals surface area (Å²) in [6.07, 6.45) is 0.768. The number of rotatable bonds is 5. The van der Waals surface area contributed by atoms with Gasteiger partial charge in [0.25, 0.3) is 0 Å². The Morgan fingerprint density at radius 3 is 2.80 bits per heavy atom. The molecule has 0 aromatic heterocycles. The number of carbonyl (C=O) groups is 1. The Balaban J connectivity index is 0.00000196. The molecule has 1 rings (SSSR count). The number of hydrogen-bond acceptors (Lipinski definition) is 3. The summed E-state index contributed by atoms with van der Waals surface area (Å²) in [6.45, 7) is 0.258. The quantitative estimate of drug-likeness (QED) is 0.795. The van der Waals surface area contributed by atoms with Crippen molar-refractivity contribution in [2.24, 2.45) is 5.73 Å². The van der Waals surface area contributed by atoms with Gasteiger partial charge in [-0.2, -0.15) is 0 Å². The number of carboxylic acid groups (broad SMARTS) is 1. The van der Waals surface area contributed by atoms with E-state index in [0.29, 0.717) is 12.3 Å². The monoisotopic (exact) mass is 231 g/mol. The molecule has 1 aromatic rings. The third kappa shape index (κ3) is 5.24. The van der Waals surface area contributed by atoms with Crippen LogP contribution >= 0.6 is 12.4 Å². The zero-order valence-corrected chi connectivity index (χ0v) is 9.00. The molecule has 0 spiro atoms. The van der Waals surface area contributed by atoms with Crippen LogP contribution in [-0.2, 0) is 11.2 Å². The Labute approximate surface area is 94.5 Å². The first-order valence-corrected chi connectivity index (χ1v) is 4.36. The normalized spacial score (nSPS) is 9.13. The summed E-state index contributed by atoms with van der Waals surface area (Å²) in [4.78, 5) is 10.2. The summed E-state index contributed by atoms with van der Waals surface area (Å²) >= 11 is 0. The number of halogens is 1. The second-order valence-electron chi connectivity index (χ2n) is 2.87. The van der Waals surface area contributed by atoms with Gasteiger partial charge in [0.05, 0.1) is 0 Å². The Kier molecular flexibility index (Phi) is 6.49. The maximum Gasteiger partial charge on any atom is 0.341 e. The van der Waals surface area contributed by atoms with Crippen LogP contribution in [0, 0.1) is 0 Å². The third-order valence-corrected chi connectivity index (χ3v) is 1.69. The minimum absolute atomic E-state index is 0. The Morgan fingerprint density at radius 1 is 1.47 bits per heavy atom. The molecular formula is C10H14ClNO3. The lowest BCUT2D eigenvalue weighted by atomic mass is 10.1. The van der Waals surface area contributed by atoms with Gasteiger partial charge in [-0.15, -0.1) is 12.4 Å². The van der Waals surface area contributed by atoms with E-state index in [4.69, 9.17) is 15.6 Å². The van der Waals surface area contributed by atoms with Gasteiger partial charge in [0, 0.05) is 0 Å². The fourth-order valence-electron chi connectivity index (χ4n) is 1.10. The SMILES string of the molecule is Cl.NCCc1cccc(OCC(=O)O)c1. The topological polar surface area (TPSA) is 72.5 Å². The van der Waals surface area contributed by atoms with E-state index in [1.807, 2.05) is 12.1 Å². The van der Waals surface area contributed by atoms with Gasteiger partial charge in [-0.1, -0.05) is 12.1 Å². The highest BCUT2D eigenvalue weighted by atomic mass is 35.5. The predicted molar refractivity (Wildman–Crippen MR) is 59.6 cm³/mol. The molecule has 4 nitrogen and oxygen atoms in total. The summed E-state index contributed by atoms with van der Waals surface area (Å²) in [5.41, 5.74) is 6.45. The van der Waals surface area contributed by atoms with E-state index >= 15 is 0 Å². The van der Waals surface area contributed by atoms with Crippen LogP contribution in [0.4, 0.5) is 0 Å². The largest absolute Gasteiger partial charge is 0.482 e. The number of hydrogen-bond donors (Lipinski definition) is 2. The van der Waals surface area contributed by atoms with Crippen LogP contribution in [0.5, 0.6) is 5.75 Å². The zero-order chi connectivity index (χ0) is 10.4. The summed E-state index contributed by atoms with van der Waals surface area (Å²) in [5, 5.41) is 8.40. The van der Waals surface area contributed by atoms with E-state index in [-0.39, 0.29) is 19.0 Å². The number of carboxylic acids is 1. The van der Waals surface area contributed by atoms with Gasteiger partial charge in [-0.05, 0) is 30.7 Å². The van der Waals surface area contributed by atoms with Gasteiger partial charge in [-0.25, -0.2) is 4.79 Å². The van der Waals surface area contributed by atoms with E-state index < -0.39 is 5.97 Å². The molecular weight excluding hydrogens is 218 g/mol. The van der Waals surface area contributed by atoms with Crippen LogP contribution in [0.25, 0.3) is 0 Å². The van der Waals surface area contributed by atoms with E-state index in [1.54, 1.807) is 12.1 Å². The summed E-state index contributed by atoms with van der Waals surface area (Å²) in [6, 6.07) is 7.28. The fourth-order valence-corrected chi connectivity index (χ4v) is 1.10. The lowest BCUT2D eigenvalue weighted by molar-refractivity contribution is -0.139. The highest BCUT2D eigenvalue weighted by molar-refractivity contribution is 5.85. The second-order valence-corrected chi connectivity index (χ2v) is 2.87. The van der Waals surface area contributed by atoms with Gasteiger partial charge in [0.1, 0.15) is 5.75 Å². The summed E-state index contributed by atoms with van der Waals surface area (Å²) in [5.74, 6) is -0.410. The minimum Gasteiger partial charge on any atom is -0.482 e. The average Bonchev–Trinajstić information content (AvgIpc) is 2.16. The van der Waals surface area contributed by atoms with Crippen molar-refractivity contribution in [3.05, 3.63) is 29.8 Å². The van der Waals surface area contributed by atoms with Gasteiger partial charge in [-0.3, -0.25) is 0 Å². The molecule has 5 heteroatoms. The number of benzene rings is 1. The summed E-state index contributed by atoms with van der Waals surface area (Å²) in [7, 11) is 0. The van der Waals surface area contributed by atoms with Crippen LogP contribution in [0.15, 0.2) is 24.3 Å². The Hall–Kier alpha value is -1.26. The van der Waals surface area contributed by atoms with Crippen molar-refractivity contribution in [3.8, 4) is 5.75 Å². The molecule has 84 valence electrons. The van der Waals surface area contributed by atoms with Gasteiger partial charge in [0.15, 0.2) is 6.61 Å². The van der Waals surface area contributed by atoms with Crippen molar-refractivity contribution in [1.29, 1.82) is 0 Å². The lowest BCUT2D eigenvalue weighted by Crippen LogP contribution is -2.09. The zero-order valence-electron chi connectivity index (χ0n) is 8.18. The molecule has 1 aromatic carbocycles. The van der Waals surface area contributed by atoms with Crippen LogP contribution in [0.3, 0.4) is 0 Å². The smallest absolute Gasteiger partial charge is 0.341 e. The van der Waals surface area contributed by atoms with Gasteiger partial charge >= 0.3 is 5.97 Å². The molecule has 0 atom stereocenters. The lowest BCUT2D eigenvalue weighted by Gasteiger charge is -2.04. The van der Waals surface area contributed by atoms with Crippen LogP contribution < -0.4 is 10.5 Å². The average molecular weight is 232 g/mol. The molecule has 0 saturated carbocycles. The van der Waals surface area contributed by atoms with E-state index in [0.717, 1.165) is 12.0 Å². The van der Waals surface area contributed by atoms with Crippen molar-refractivity contribution in [1.82, 2.24) is 0 Å². The molecule has 0 fully saturated rings. The van der Waals surface area contributed by atoms with Crippen molar-refractivity contribution in [3.63, 3.8) is 0 Å². The Bertz CT molecular complexity index is 317. The van der Waals surface area contributed by atoms with Gasteiger partial charge in [0.2, 0.25) is 0 Å². The van der Waals surface area contributed by atoms with Gasteiger partial charge < -0.3 is 15.6 Å². The molecule has 0 aliphatic carbocycles. The van der Waals surface area contributed by atoms with Crippen molar-refractivity contribution < 1.29 is 14.6 Å². The van der Waals surface area contributed by atoms with E-state index in [1.165, 1.54) is 0 Å². The molecule has 0 unspecified atom stereocenters.